The van der Waals surface area contributed by atoms with Gasteiger partial charge in [0.25, 0.3) is 11.8 Å². The molecule has 14 heavy (non-hydrogen) atoms. The summed E-state index contributed by atoms with van der Waals surface area (Å²) in [5.74, 6) is -9.90. The van der Waals surface area contributed by atoms with Gasteiger partial charge in [-0.15, -0.1) is 0 Å². The smallest absolute Gasteiger partial charge is 0.206 e. The lowest BCUT2D eigenvalue weighted by molar-refractivity contribution is 0.0391. The van der Waals surface area contributed by atoms with E-state index in [1.165, 1.54) is 0 Å². The van der Waals surface area contributed by atoms with Crippen molar-refractivity contribution in [1.29, 1.82) is 0 Å². The molecular formula is C8H10F6. The molecular weight excluding hydrogens is 210 g/mol. The van der Waals surface area contributed by atoms with E-state index in [2.05, 4.69) is 13.2 Å². The van der Waals surface area contributed by atoms with E-state index in [-0.39, 0.29) is 0 Å². The maximum atomic E-state index is 11.4. The maximum absolute atomic E-state index is 11.4. The molecule has 0 saturated carbocycles. The van der Waals surface area contributed by atoms with Gasteiger partial charge in [0, 0.05) is 13.8 Å². The van der Waals surface area contributed by atoms with Gasteiger partial charge in [-0.2, -0.15) is 17.6 Å². The molecule has 0 amide bonds. The van der Waals surface area contributed by atoms with Gasteiger partial charge in [-0.25, -0.2) is 8.78 Å². The minimum absolute atomic E-state index is 0.454. The summed E-state index contributed by atoms with van der Waals surface area (Å²) < 4.78 is 68.0. The Morgan fingerprint density at radius 1 is 0.786 bits per heavy atom. The molecule has 0 radical (unpaired) electrons. The van der Waals surface area contributed by atoms with Crippen molar-refractivity contribution >= 4 is 0 Å². The highest BCUT2D eigenvalue weighted by Gasteiger charge is 2.25. The van der Waals surface area contributed by atoms with Crippen molar-refractivity contribution in [3.8, 4) is 0 Å². The van der Waals surface area contributed by atoms with Crippen molar-refractivity contribution < 1.29 is 26.3 Å². The van der Waals surface area contributed by atoms with Crippen LogP contribution in [0, 0.1) is 0 Å². The number of rotatable bonds is 2. The van der Waals surface area contributed by atoms with E-state index in [0.29, 0.717) is 13.8 Å². The lowest BCUT2D eigenvalue weighted by Gasteiger charge is -2.02. The van der Waals surface area contributed by atoms with Crippen LogP contribution in [0.1, 0.15) is 13.8 Å². The Morgan fingerprint density at radius 3 is 0.857 bits per heavy atom. The first kappa shape index (κ1) is 15.5. The van der Waals surface area contributed by atoms with Gasteiger partial charge in [-0.05, 0) is 0 Å². The minimum atomic E-state index is -3.36. The highest BCUT2D eigenvalue weighted by molar-refractivity contribution is 4.93. The van der Waals surface area contributed by atoms with E-state index in [1.807, 2.05) is 0 Å². The molecule has 0 fully saturated rings. The second-order valence-corrected chi connectivity index (χ2v) is 2.59. The van der Waals surface area contributed by atoms with E-state index < -0.39 is 23.5 Å². The second kappa shape index (κ2) is 5.07. The molecule has 0 aromatic heterocycles. The van der Waals surface area contributed by atoms with Crippen LogP contribution in [0.4, 0.5) is 26.3 Å². The maximum Gasteiger partial charge on any atom is 0.295 e. The molecule has 0 aliphatic heterocycles. The Balaban J connectivity index is 0. The highest BCUT2D eigenvalue weighted by Crippen LogP contribution is 2.21. The Bertz CT molecular complexity index is 183. The summed E-state index contributed by atoms with van der Waals surface area (Å²) in [6, 6.07) is 0. The third-order valence-electron chi connectivity index (χ3n) is 0.953. The zero-order valence-electron chi connectivity index (χ0n) is 7.68. The van der Waals surface area contributed by atoms with E-state index in [4.69, 9.17) is 0 Å². The monoisotopic (exact) mass is 220 g/mol. The van der Waals surface area contributed by atoms with Crippen LogP contribution in [0.3, 0.4) is 0 Å². The Kier molecular flexibility index (Phi) is 5.62. The first-order chi connectivity index (χ1) is 5.89. The van der Waals surface area contributed by atoms with Gasteiger partial charge in [0.2, 0.25) is 0 Å². The van der Waals surface area contributed by atoms with Crippen LogP contribution in [0.25, 0.3) is 0 Å². The summed E-state index contributed by atoms with van der Waals surface area (Å²) in [7, 11) is 0. The van der Waals surface area contributed by atoms with Crippen molar-refractivity contribution in [2.24, 2.45) is 0 Å². The molecule has 0 saturated heterocycles. The van der Waals surface area contributed by atoms with E-state index >= 15 is 0 Å². The first-order valence-electron chi connectivity index (χ1n) is 3.34. The SMILES string of the molecule is C=C(F)C(C)(F)F.C=C(F)C(C)(F)F. The number of hydrogen-bond acceptors (Lipinski definition) is 0. The molecule has 0 aliphatic carbocycles. The van der Waals surface area contributed by atoms with E-state index in [1.54, 1.807) is 0 Å². The number of halogens is 6. The molecule has 0 aromatic carbocycles. The summed E-state index contributed by atoms with van der Waals surface area (Å²) >= 11 is 0. The zero-order chi connectivity index (χ0) is 12.2. The van der Waals surface area contributed by atoms with Gasteiger partial charge in [0.05, 0.1) is 0 Å². The molecule has 84 valence electrons. The summed E-state index contributed by atoms with van der Waals surface area (Å²) in [6.45, 7) is 5.73. The predicted molar refractivity (Wildman–Crippen MR) is 41.7 cm³/mol. The predicted octanol–water partition coefficient (Wildman–Crippen LogP) is 4.25. The molecule has 0 heterocycles. The topological polar surface area (TPSA) is 0 Å². The van der Waals surface area contributed by atoms with Crippen molar-refractivity contribution in [2.45, 2.75) is 25.7 Å². The Labute approximate surface area is 77.9 Å². The van der Waals surface area contributed by atoms with Crippen molar-refractivity contribution in [2.75, 3.05) is 0 Å². The van der Waals surface area contributed by atoms with E-state index in [0.717, 1.165) is 0 Å². The van der Waals surface area contributed by atoms with Gasteiger partial charge in [-0.1, -0.05) is 13.2 Å². The fraction of sp³-hybridized carbons (Fsp3) is 0.500. The van der Waals surface area contributed by atoms with Crippen LogP contribution in [-0.4, -0.2) is 11.8 Å². The average Bonchev–Trinajstić information content (AvgIpc) is 1.83. The van der Waals surface area contributed by atoms with Gasteiger partial charge >= 0.3 is 0 Å². The standard InChI is InChI=1S/2C4H5F3/c2*1-3(5)4(2,6)7/h2*1H2,2H3. The summed E-state index contributed by atoms with van der Waals surface area (Å²) in [4.78, 5) is 0. The lowest BCUT2D eigenvalue weighted by Crippen LogP contribution is -2.08. The van der Waals surface area contributed by atoms with Crippen molar-refractivity contribution in [1.82, 2.24) is 0 Å². The quantitative estimate of drug-likeness (QED) is 0.610. The van der Waals surface area contributed by atoms with Crippen LogP contribution >= 0.6 is 0 Å². The lowest BCUT2D eigenvalue weighted by atomic mass is 10.4. The summed E-state index contributed by atoms with van der Waals surface area (Å²) in [6.07, 6.45) is 0. The molecule has 0 unspecified atom stereocenters. The second-order valence-electron chi connectivity index (χ2n) is 2.59. The molecule has 6 heteroatoms. The number of alkyl halides is 4. The van der Waals surface area contributed by atoms with Crippen molar-refractivity contribution in [3.05, 3.63) is 24.8 Å². The molecule has 0 spiro atoms. The summed E-state index contributed by atoms with van der Waals surface area (Å²) in [5.41, 5.74) is 0. The van der Waals surface area contributed by atoms with Crippen LogP contribution < -0.4 is 0 Å². The minimum Gasteiger partial charge on any atom is -0.206 e. The molecule has 0 bridgehead atoms. The summed E-state index contributed by atoms with van der Waals surface area (Å²) in [5, 5.41) is 0. The van der Waals surface area contributed by atoms with Gasteiger partial charge in [0.1, 0.15) is 0 Å². The third-order valence-corrected chi connectivity index (χ3v) is 0.953. The van der Waals surface area contributed by atoms with Gasteiger partial charge < -0.3 is 0 Å². The molecule has 0 rings (SSSR count). The molecule has 0 atom stereocenters. The fourth-order valence-electron chi connectivity index (χ4n) is 0. The van der Waals surface area contributed by atoms with Crippen LogP contribution in [-0.2, 0) is 0 Å². The van der Waals surface area contributed by atoms with Gasteiger partial charge in [0.15, 0.2) is 11.7 Å². The molecule has 0 aliphatic rings. The highest BCUT2D eigenvalue weighted by atomic mass is 19.3. The Hall–Kier alpha value is -0.940. The van der Waals surface area contributed by atoms with Crippen molar-refractivity contribution in [3.63, 3.8) is 0 Å². The number of hydrogen-bond donors (Lipinski definition) is 0. The first-order valence-corrected chi connectivity index (χ1v) is 3.34. The van der Waals surface area contributed by atoms with Gasteiger partial charge in [-0.3, -0.25) is 0 Å². The molecule has 0 N–H and O–H groups in total. The van der Waals surface area contributed by atoms with E-state index in [9.17, 15) is 26.3 Å². The largest absolute Gasteiger partial charge is 0.295 e. The average molecular weight is 220 g/mol. The Morgan fingerprint density at radius 2 is 0.857 bits per heavy atom. The normalized spacial score (nSPS) is 11.4. The van der Waals surface area contributed by atoms with Crippen LogP contribution in [0.2, 0.25) is 0 Å². The molecule has 0 nitrogen and oxygen atoms in total. The molecule has 0 aromatic rings. The number of allylic oxidation sites excluding steroid dienone is 2. The zero-order valence-corrected chi connectivity index (χ0v) is 7.68. The third kappa shape index (κ3) is 9.15. The fourth-order valence-corrected chi connectivity index (χ4v) is 0. The van der Waals surface area contributed by atoms with Crippen LogP contribution in [0.15, 0.2) is 24.8 Å². The van der Waals surface area contributed by atoms with Crippen LogP contribution in [0.5, 0.6) is 0 Å².